The van der Waals surface area contributed by atoms with E-state index in [2.05, 4.69) is 51.6 Å². The van der Waals surface area contributed by atoms with Crippen LogP contribution in [0.15, 0.2) is 50.7 Å². The fourth-order valence-electron chi connectivity index (χ4n) is 2.38. The third-order valence-corrected chi connectivity index (χ3v) is 4.62. The van der Waals surface area contributed by atoms with Crippen LogP contribution in [0.3, 0.4) is 0 Å². The number of ether oxygens (including phenoxy) is 1. The number of nitrogens with one attached hydrogen (secondary N) is 2. The lowest BCUT2D eigenvalue weighted by Crippen LogP contribution is -2.29. The number of halogens is 5. The zero-order valence-electron chi connectivity index (χ0n) is 17.1. The third-order valence-electron chi connectivity index (χ3n) is 4.02. The molecule has 0 aliphatic carbocycles. The van der Waals surface area contributed by atoms with Crippen LogP contribution >= 0.6 is 15.9 Å². The van der Waals surface area contributed by atoms with Gasteiger partial charge in [0.25, 0.3) is 5.91 Å². The standard InChI is InChI=1S/C19H13BrF4N6O5/c20-12-6-10(2-4-13(12)21)28-34-26-8-14-16(30-35-29-14)27-17(31)11-3-1-9(7-25)5-15(11)33-18(32)19(22,23)24/h1-6,8,28H,7,25H2,(H,27,30,31)/b26-8+. The number of rotatable bonds is 8. The second kappa shape index (κ2) is 10.9. The van der Waals surface area contributed by atoms with Crippen LogP contribution in [-0.4, -0.2) is 34.6 Å². The highest BCUT2D eigenvalue weighted by Gasteiger charge is 2.42. The lowest BCUT2D eigenvalue weighted by atomic mass is 10.1. The van der Waals surface area contributed by atoms with Crippen LogP contribution in [0.2, 0.25) is 0 Å². The number of esters is 1. The van der Waals surface area contributed by atoms with Crippen molar-refractivity contribution in [3.63, 3.8) is 0 Å². The van der Waals surface area contributed by atoms with Crippen LogP contribution < -0.4 is 21.3 Å². The van der Waals surface area contributed by atoms with Crippen molar-refractivity contribution in [1.82, 2.24) is 10.3 Å². The molecule has 3 aromatic rings. The topological polar surface area (TPSA) is 154 Å². The molecule has 0 radical (unpaired) electrons. The van der Waals surface area contributed by atoms with Crippen molar-refractivity contribution in [3.8, 4) is 5.75 Å². The predicted molar refractivity (Wildman–Crippen MR) is 115 cm³/mol. The van der Waals surface area contributed by atoms with Gasteiger partial charge in [-0.15, -0.1) is 0 Å². The molecule has 1 heterocycles. The fraction of sp³-hybridized carbons (Fsp3) is 0.105. The van der Waals surface area contributed by atoms with E-state index in [1.807, 2.05) is 0 Å². The lowest BCUT2D eigenvalue weighted by Gasteiger charge is -2.12. The van der Waals surface area contributed by atoms with Crippen molar-refractivity contribution >= 4 is 45.5 Å². The largest absolute Gasteiger partial charge is 0.491 e. The van der Waals surface area contributed by atoms with Gasteiger partial charge >= 0.3 is 12.1 Å². The highest BCUT2D eigenvalue weighted by atomic mass is 79.9. The van der Waals surface area contributed by atoms with Gasteiger partial charge in [0.1, 0.15) is 17.8 Å². The van der Waals surface area contributed by atoms with Gasteiger partial charge in [0, 0.05) is 6.54 Å². The molecule has 0 aliphatic rings. The number of carbonyl (C=O) groups excluding carboxylic acids is 2. The van der Waals surface area contributed by atoms with E-state index in [4.69, 9.17) is 10.7 Å². The third kappa shape index (κ3) is 6.73. The second-order valence-corrected chi connectivity index (χ2v) is 7.29. The average molecular weight is 561 g/mol. The quantitative estimate of drug-likeness (QED) is 0.123. The van der Waals surface area contributed by atoms with E-state index in [1.54, 1.807) is 0 Å². The summed E-state index contributed by atoms with van der Waals surface area (Å²) in [6.45, 7) is -0.0881. The Labute approximate surface area is 201 Å². The molecule has 3 rings (SSSR count). The first-order valence-corrected chi connectivity index (χ1v) is 10.0. The number of benzene rings is 2. The zero-order valence-corrected chi connectivity index (χ0v) is 18.7. The molecule has 0 bridgehead atoms. The van der Waals surface area contributed by atoms with Crippen molar-refractivity contribution in [1.29, 1.82) is 0 Å². The maximum atomic E-state index is 13.2. The summed E-state index contributed by atoms with van der Waals surface area (Å²) in [5.74, 6) is -4.95. The lowest BCUT2D eigenvalue weighted by molar-refractivity contribution is -0.189. The van der Waals surface area contributed by atoms with Crippen LogP contribution in [0, 0.1) is 5.82 Å². The molecule has 1 aromatic heterocycles. The van der Waals surface area contributed by atoms with Gasteiger partial charge in [-0.2, -0.15) is 18.7 Å². The Morgan fingerprint density at radius 1 is 1.20 bits per heavy atom. The minimum atomic E-state index is -5.29. The fourth-order valence-corrected chi connectivity index (χ4v) is 2.76. The first-order valence-electron chi connectivity index (χ1n) is 9.25. The molecule has 11 nitrogen and oxygen atoms in total. The highest BCUT2D eigenvalue weighted by molar-refractivity contribution is 9.10. The Hall–Kier alpha value is -4.05. The van der Waals surface area contributed by atoms with Gasteiger partial charge < -0.3 is 15.8 Å². The molecule has 0 fully saturated rings. The van der Waals surface area contributed by atoms with Gasteiger partial charge in [0.2, 0.25) is 5.82 Å². The molecule has 0 saturated heterocycles. The average Bonchev–Trinajstić information content (AvgIpc) is 3.24. The minimum absolute atomic E-state index is 0.0881. The van der Waals surface area contributed by atoms with Gasteiger partial charge in [-0.1, -0.05) is 11.2 Å². The van der Waals surface area contributed by atoms with Crippen LogP contribution in [0.25, 0.3) is 0 Å². The molecule has 16 heteroatoms. The molecule has 0 aliphatic heterocycles. The molecule has 184 valence electrons. The number of nitrogens with zero attached hydrogens (tertiary/aromatic N) is 3. The van der Waals surface area contributed by atoms with E-state index in [0.717, 1.165) is 18.3 Å². The van der Waals surface area contributed by atoms with Crippen LogP contribution in [0.4, 0.5) is 29.1 Å². The molecular formula is C19H13BrF4N6O5. The van der Waals surface area contributed by atoms with E-state index >= 15 is 0 Å². The number of hydrogen-bond donors (Lipinski definition) is 3. The molecule has 0 unspecified atom stereocenters. The van der Waals surface area contributed by atoms with E-state index in [0.29, 0.717) is 11.3 Å². The Kier molecular flexibility index (Phi) is 7.98. The predicted octanol–water partition coefficient (Wildman–Crippen LogP) is 3.53. The van der Waals surface area contributed by atoms with Crippen molar-refractivity contribution in [3.05, 3.63) is 63.5 Å². The summed E-state index contributed by atoms with van der Waals surface area (Å²) < 4.78 is 60.1. The number of oxime groups is 1. The molecular weight excluding hydrogens is 548 g/mol. The molecule has 0 saturated carbocycles. The van der Waals surface area contributed by atoms with Crippen LogP contribution in [0.5, 0.6) is 5.75 Å². The number of aromatic nitrogens is 2. The minimum Gasteiger partial charge on any atom is -0.419 e. The zero-order chi connectivity index (χ0) is 25.6. The van der Waals surface area contributed by atoms with Crippen LogP contribution in [-0.2, 0) is 16.3 Å². The SMILES string of the molecule is NCc1ccc(C(=O)Nc2nonc2/C=N/ONc2ccc(F)c(Br)c2)c(OC(=O)C(F)(F)F)c1. The van der Waals surface area contributed by atoms with E-state index in [-0.39, 0.29) is 22.5 Å². The van der Waals surface area contributed by atoms with Gasteiger partial charge in [-0.3, -0.25) is 9.73 Å². The summed E-state index contributed by atoms with van der Waals surface area (Å²) in [5.41, 5.74) is 7.95. The number of alkyl halides is 3. The Balaban J connectivity index is 1.71. The number of amides is 1. The van der Waals surface area contributed by atoms with Crippen molar-refractivity contribution in [2.24, 2.45) is 10.9 Å². The number of nitrogens with two attached hydrogens (primary N) is 1. The molecule has 1 amide bonds. The Bertz CT molecular complexity index is 1270. The summed E-state index contributed by atoms with van der Waals surface area (Å²) in [6.07, 6.45) is -4.30. The maximum absolute atomic E-state index is 13.2. The number of hydrogen-bond acceptors (Lipinski definition) is 10. The molecule has 2 aromatic carbocycles. The van der Waals surface area contributed by atoms with Crippen molar-refractivity contribution in [2.45, 2.75) is 12.7 Å². The van der Waals surface area contributed by atoms with Crippen molar-refractivity contribution in [2.75, 3.05) is 10.8 Å². The summed E-state index contributed by atoms with van der Waals surface area (Å²) in [7, 11) is 0. The summed E-state index contributed by atoms with van der Waals surface area (Å²) in [6, 6.07) is 7.43. The van der Waals surface area contributed by atoms with Gasteiger partial charge in [0.05, 0.1) is 15.7 Å². The molecule has 0 atom stereocenters. The number of anilines is 2. The summed E-state index contributed by atoms with van der Waals surface area (Å²) in [4.78, 5) is 28.7. The van der Waals surface area contributed by atoms with Gasteiger partial charge in [0.15, 0.2) is 5.69 Å². The first-order chi connectivity index (χ1) is 16.6. The summed E-state index contributed by atoms with van der Waals surface area (Å²) in [5, 5.41) is 12.7. The van der Waals surface area contributed by atoms with E-state index < -0.39 is 35.2 Å². The smallest absolute Gasteiger partial charge is 0.419 e. The van der Waals surface area contributed by atoms with Crippen LogP contribution in [0.1, 0.15) is 21.6 Å². The molecule has 0 spiro atoms. The molecule has 4 N–H and O–H groups in total. The number of carbonyl (C=O) groups is 2. The van der Waals surface area contributed by atoms with Crippen molar-refractivity contribution < 1.29 is 41.5 Å². The Morgan fingerprint density at radius 3 is 2.66 bits per heavy atom. The van der Waals surface area contributed by atoms with Gasteiger partial charge in [-0.25, -0.2) is 13.8 Å². The molecule has 35 heavy (non-hydrogen) atoms. The van der Waals surface area contributed by atoms with E-state index in [1.165, 1.54) is 24.3 Å². The normalized spacial score (nSPS) is 11.4. The first kappa shape index (κ1) is 25.6. The Morgan fingerprint density at radius 2 is 1.97 bits per heavy atom. The monoisotopic (exact) mass is 560 g/mol. The van der Waals surface area contributed by atoms with E-state index in [9.17, 15) is 27.2 Å². The maximum Gasteiger partial charge on any atom is 0.491 e. The van der Waals surface area contributed by atoms with Gasteiger partial charge in [-0.05, 0) is 62.1 Å². The summed E-state index contributed by atoms with van der Waals surface area (Å²) >= 11 is 3.00. The second-order valence-electron chi connectivity index (χ2n) is 6.43. The highest BCUT2D eigenvalue weighted by Crippen LogP contribution is 2.26.